The first-order chi connectivity index (χ1) is 24.4. The zero-order valence-electron chi connectivity index (χ0n) is 28.9. The molecule has 0 aliphatic rings. The average molecular weight is 687 g/mol. The summed E-state index contributed by atoms with van der Waals surface area (Å²) in [5.41, 5.74) is 0.860. The molecular weight excluding hydrogens is 648 g/mol. The van der Waals surface area contributed by atoms with E-state index in [2.05, 4.69) is 13.2 Å². The summed E-state index contributed by atoms with van der Waals surface area (Å²) < 4.78 is 28.0. The van der Waals surface area contributed by atoms with Crippen LogP contribution in [0.5, 0.6) is 23.0 Å². The first-order valence-electron chi connectivity index (χ1n) is 16.4. The highest BCUT2D eigenvalue weighted by atomic mass is 16.6. The molecule has 0 saturated carbocycles. The van der Waals surface area contributed by atoms with Crippen molar-refractivity contribution in [2.24, 2.45) is 0 Å². The van der Waals surface area contributed by atoms with E-state index in [-0.39, 0.29) is 17.4 Å². The van der Waals surface area contributed by atoms with Gasteiger partial charge in [-0.15, -0.1) is 0 Å². The van der Waals surface area contributed by atoms with Crippen molar-refractivity contribution in [3.8, 4) is 23.0 Å². The van der Waals surface area contributed by atoms with Gasteiger partial charge in [-0.05, 0) is 127 Å². The van der Waals surface area contributed by atoms with E-state index in [0.717, 1.165) is 39.3 Å². The van der Waals surface area contributed by atoms with E-state index < -0.39 is 29.5 Å². The van der Waals surface area contributed by atoms with Crippen molar-refractivity contribution in [1.29, 1.82) is 0 Å². The van der Waals surface area contributed by atoms with Gasteiger partial charge in [-0.25, -0.2) is 19.2 Å². The van der Waals surface area contributed by atoms with E-state index in [1.807, 2.05) is 52.0 Å². The zero-order valence-corrected chi connectivity index (χ0v) is 28.9. The van der Waals surface area contributed by atoms with Crippen LogP contribution >= 0.6 is 0 Å². The Hall–Kier alpha value is -6.22. The molecule has 0 fully saturated rings. The van der Waals surface area contributed by atoms with Gasteiger partial charge in [0.2, 0.25) is 0 Å². The molecule has 260 valence electrons. The lowest BCUT2D eigenvalue weighted by Gasteiger charge is -2.28. The van der Waals surface area contributed by atoms with Crippen molar-refractivity contribution in [2.45, 2.75) is 52.2 Å². The third-order valence-electron chi connectivity index (χ3n) is 7.97. The number of fused-ring (bicyclic) bond motifs is 2. The molecule has 51 heavy (non-hydrogen) atoms. The lowest BCUT2D eigenvalue weighted by atomic mass is 10.0. The van der Waals surface area contributed by atoms with Crippen LogP contribution in [-0.2, 0) is 20.7 Å². The third kappa shape index (κ3) is 9.27. The Morgan fingerprint density at radius 1 is 0.647 bits per heavy atom. The number of carbonyl (C=O) groups excluding carboxylic acids is 4. The van der Waals surface area contributed by atoms with E-state index in [4.69, 9.17) is 23.7 Å². The number of hydrogen-bond donors (Lipinski definition) is 0. The Labute approximate surface area is 296 Å². The Kier molecular flexibility index (Phi) is 11.0. The maximum absolute atomic E-state index is 13.3. The fourth-order valence-corrected chi connectivity index (χ4v) is 5.69. The summed E-state index contributed by atoms with van der Waals surface area (Å²) >= 11 is 0. The van der Waals surface area contributed by atoms with Crippen LogP contribution in [0.1, 0.15) is 60.4 Å². The summed E-state index contributed by atoms with van der Waals surface area (Å²) in [7, 11) is 0. The molecule has 1 atom stereocenters. The number of benzene rings is 5. The van der Waals surface area contributed by atoms with Crippen molar-refractivity contribution in [2.75, 3.05) is 0 Å². The molecule has 0 aliphatic heterocycles. The molecule has 0 saturated heterocycles. The molecule has 0 N–H and O–H groups in total. The molecular formula is C42H38O9. The highest BCUT2D eigenvalue weighted by Crippen LogP contribution is 2.31. The lowest BCUT2D eigenvalue weighted by molar-refractivity contribution is -0.152. The van der Waals surface area contributed by atoms with Gasteiger partial charge in [-0.3, -0.25) is 0 Å². The second-order valence-electron chi connectivity index (χ2n) is 12.5. The van der Waals surface area contributed by atoms with E-state index in [9.17, 15) is 19.2 Å². The van der Waals surface area contributed by atoms with Crippen molar-refractivity contribution < 1.29 is 42.9 Å². The number of aryl methyl sites for hydroxylation is 1. The normalized spacial score (nSPS) is 11.7. The largest absolute Gasteiger partial charge is 0.491 e. The first-order valence-corrected chi connectivity index (χ1v) is 16.4. The highest BCUT2D eigenvalue weighted by molar-refractivity contribution is 5.98. The number of ether oxygens (including phenoxy) is 5. The number of esters is 4. The fraction of sp³-hybridized carbons (Fsp3) is 0.190. The lowest BCUT2D eigenvalue weighted by Crippen LogP contribution is -2.33. The smallest absolute Gasteiger partial charge is 0.343 e. The maximum atomic E-state index is 13.3. The summed E-state index contributed by atoms with van der Waals surface area (Å²) in [5, 5.41) is 3.39. The van der Waals surface area contributed by atoms with Gasteiger partial charge in [-0.2, -0.15) is 0 Å². The topological polar surface area (TPSA) is 114 Å². The van der Waals surface area contributed by atoms with Crippen molar-refractivity contribution in [3.63, 3.8) is 0 Å². The maximum Gasteiger partial charge on any atom is 0.343 e. The summed E-state index contributed by atoms with van der Waals surface area (Å²) in [6, 6.07) is 25.8. The van der Waals surface area contributed by atoms with Gasteiger partial charge in [0.05, 0.1) is 17.2 Å². The molecule has 5 aromatic carbocycles. The standard InChI is InChI=1S/C42H38O9/c1-7-27-21-36(23-31-15-19-35(24-37(27)31)49-40(45)28-12-16-33(17-13-28)48-38(43)8-2)50-41(46)32-11-10-30-22-34(18-14-29(30)20-32)47-26(4)25-42(5,6)51-39(44)9-3/h8-24,26H,2-3,7,25H2,1,4-6H3. The summed E-state index contributed by atoms with van der Waals surface area (Å²) in [5.74, 6) is -0.465. The van der Waals surface area contributed by atoms with Gasteiger partial charge in [-0.1, -0.05) is 38.3 Å². The van der Waals surface area contributed by atoms with Crippen molar-refractivity contribution in [3.05, 3.63) is 133 Å². The minimum absolute atomic E-state index is 0.234. The molecule has 5 aromatic rings. The minimum atomic E-state index is -0.723. The quantitative estimate of drug-likeness (QED) is 0.0681. The van der Waals surface area contributed by atoms with E-state index >= 15 is 0 Å². The van der Waals surface area contributed by atoms with Crippen LogP contribution in [0.4, 0.5) is 0 Å². The zero-order chi connectivity index (χ0) is 36.7. The molecule has 0 heterocycles. The summed E-state index contributed by atoms with van der Waals surface area (Å²) in [4.78, 5) is 49.1. The third-order valence-corrected chi connectivity index (χ3v) is 7.97. The van der Waals surface area contributed by atoms with Crippen LogP contribution in [0.3, 0.4) is 0 Å². The van der Waals surface area contributed by atoms with E-state index in [1.54, 1.807) is 42.5 Å². The Morgan fingerprint density at radius 3 is 1.92 bits per heavy atom. The predicted molar refractivity (Wildman–Crippen MR) is 195 cm³/mol. The number of rotatable bonds is 13. The minimum Gasteiger partial charge on any atom is -0.491 e. The van der Waals surface area contributed by atoms with Crippen LogP contribution in [0.25, 0.3) is 21.5 Å². The van der Waals surface area contributed by atoms with Crippen LogP contribution in [0.2, 0.25) is 0 Å². The van der Waals surface area contributed by atoms with Gasteiger partial charge in [0.15, 0.2) is 0 Å². The molecule has 0 spiro atoms. The van der Waals surface area contributed by atoms with E-state index in [0.29, 0.717) is 35.7 Å². The van der Waals surface area contributed by atoms with Gasteiger partial charge >= 0.3 is 23.9 Å². The molecule has 9 heteroatoms. The monoisotopic (exact) mass is 686 g/mol. The fourth-order valence-electron chi connectivity index (χ4n) is 5.69. The molecule has 0 bridgehead atoms. The molecule has 0 aromatic heterocycles. The first kappa shape index (κ1) is 36.1. The summed E-state index contributed by atoms with van der Waals surface area (Å²) in [6.45, 7) is 14.3. The van der Waals surface area contributed by atoms with Crippen LogP contribution in [0, 0.1) is 0 Å². The number of carbonyl (C=O) groups is 4. The van der Waals surface area contributed by atoms with Gasteiger partial charge in [0.1, 0.15) is 28.6 Å². The van der Waals surface area contributed by atoms with Gasteiger partial charge < -0.3 is 23.7 Å². The summed E-state index contributed by atoms with van der Waals surface area (Å²) in [6.07, 6.45) is 3.08. The van der Waals surface area contributed by atoms with Gasteiger partial charge in [0, 0.05) is 18.6 Å². The van der Waals surface area contributed by atoms with E-state index in [1.165, 1.54) is 24.3 Å². The SMILES string of the molecule is C=CC(=O)Oc1ccc(C(=O)Oc2ccc3cc(OC(=O)c4ccc5cc(OC(C)CC(C)(C)OC(=O)C=C)ccc5c4)cc(CC)c3c2)cc1. The Balaban J connectivity index is 1.25. The molecule has 0 radical (unpaired) electrons. The van der Waals surface area contributed by atoms with Crippen LogP contribution in [-0.4, -0.2) is 35.6 Å². The molecule has 0 amide bonds. The molecule has 1 unspecified atom stereocenters. The number of hydrogen-bond acceptors (Lipinski definition) is 9. The predicted octanol–water partition coefficient (Wildman–Crippen LogP) is 8.75. The second kappa shape index (κ2) is 15.6. The van der Waals surface area contributed by atoms with Crippen LogP contribution < -0.4 is 18.9 Å². The van der Waals surface area contributed by atoms with Crippen molar-refractivity contribution >= 4 is 45.4 Å². The average Bonchev–Trinajstić information content (AvgIpc) is 3.10. The highest BCUT2D eigenvalue weighted by Gasteiger charge is 2.26. The second-order valence-corrected chi connectivity index (χ2v) is 12.5. The Morgan fingerprint density at radius 2 is 1.22 bits per heavy atom. The molecule has 0 aliphatic carbocycles. The van der Waals surface area contributed by atoms with Gasteiger partial charge in [0.25, 0.3) is 0 Å². The molecule has 9 nitrogen and oxygen atoms in total. The molecule has 5 rings (SSSR count). The Bertz CT molecular complexity index is 2140. The van der Waals surface area contributed by atoms with Crippen molar-refractivity contribution in [1.82, 2.24) is 0 Å². The van der Waals surface area contributed by atoms with Crippen LogP contribution in [0.15, 0.2) is 116 Å².